The molecule has 1 aliphatic heterocycles. The molecule has 4 heterocycles. The summed E-state index contributed by atoms with van der Waals surface area (Å²) in [5.74, 6) is 0.171. The van der Waals surface area contributed by atoms with Crippen LogP contribution in [0.15, 0.2) is 34.2 Å². The third kappa shape index (κ3) is 4.76. The SMILES string of the molecule is Cn1c(=O)ccc2ncc(F)c(OCC3CCC(NCc4cc5c(nn4)SCC(=O)N5)CC3)c21. The van der Waals surface area contributed by atoms with E-state index in [1.165, 1.54) is 22.4 Å². The van der Waals surface area contributed by atoms with E-state index in [1.54, 1.807) is 13.1 Å². The maximum atomic E-state index is 14.5. The number of aryl methyl sites for hydroxylation is 1. The molecule has 1 aliphatic carbocycles. The first-order valence-electron chi connectivity index (χ1n) is 11.3. The molecule has 34 heavy (non-hydrogen) atoms. The molecule has 3 aromatic heterocycles. The summed E-state index contributed by atoms with van der Waals surface area (Å²) in [6, 6.07) is 5.22. The number of fused-ring (bicyclic) bond motifs is 2. The lowest BCUT2D eigenvalue weighted by Gasteiger charge is -2.29. The average Bonchev–Trinajstić information content (AvgIpc) is 2.85. The predicted molar refractivity (Wildman–Crippen MR) is 126 cm³/mol. The fraction of sp³-hybridized carbons (Fsp3) is 0.435. The lowest BCUT2D eigenvalue weighted by atomic mass is 9.86. The lowest BCUT2D eigenvalue weighted by Crippen LogP contribution is -2.34. The molecule has 0 spiro atoms. The van der Waals surface area contributed by atoms with E-state index in [0.29, 0.717) is 41.9 Å². The zero-order chi connectivity index (χ0) is 23.7. The van der Waals surface area contributed by atoms with Crippen molar-refractivity contribution in [1.29, 1.82) is 0 Å². The van der Waals surface area contributed by atoms with Crippen LogP contribution in [0.4, 0.5) is 10.1 Å². The Hall–Kier alpha value is -3.05. The fourth-order valence-corrected chi connectivity index (χ4v) is 5.14. The molecule has 0 saturated heterocycles. The number of amides is 1. The van der Waals surface area contributed by atoms with Gasteiger partial charge in [0, 0.05) is 25.7 Å². The average molecular weight is 485 g/mol. The van der Waals surface area contributed by atoms with Gasteiger partial charge >= 0.3 is 0 Å². The van der Waals surface area contributed by atoms with Gasteiger partial charge in [0.25, 0.3) is 5.56 Å². The summed E-state index contributed by atoms with van der Waals surface area (Å²) in [6.45, 7) is 0.967. The summed E-state index contributed by atoms with van der Waals surface area (Å²) in [7, 11) is 1.59. The standard InChI is InChI=1S/C23H25FN6O3S/c1-30-20(32)7-6-17-21(30)22(16(24)10-26-17)33-11-13-2-4-14(5-3-13)25-9-15-8-18-23(29-28-15)34-12-19(31)27-18/h6-8,10,13-14,25H,2-5,9,11-12H2,1H3,(H,27,31). The van der Waals surface area contributed by atoms with Crippen LogP contribution in [-0.4, -0.2) is 44.1 Å². The van der Waals surface area contributed by atoms with Crippen molar-refractivity contribution in [2.45, 2.75) is 43.3 Å². The van der Waals surface area contributed by atoms with Crippen LogP contribution in [0, 0.1) is 11.7 Å². The van der Waals surface area contributed by atoms with Crippen molar-refractivity contribution >= 4 is 34.4 Å². The van der Waals surface area contributed by atoms with Crippen LogP contribution < -0.4 is 20.9 Å². The van der Waals surface area contributed by atoms with E-state index in [9.17, 15) is 14.0 Å². The van der Waals surface area contributed by atoms with Crippen molar-refractivity contribution in [1.82, 2.24) is 25.1 Å². The third-order valence-electron chi connectivity index (χ3n) is 6.35. The zero-order valence-electron chi connectivity index (χ0n) is 18.7. The molecule has 3 aromatic rings. The second-order valence-corrected chi connectivity index (χ2v) is 9.66. The maximum absolute atomic E-state index is 14.5. The van der Waals surface area contributed by atoms with Crippen LogP contribution in [0.2, 0.25) is 0 Å². The second kappa shape index (κ2) is 9.67. The van der Waals surface area contributed by atoms with E-state index in [1.807, 2.05) is 6.07 Å². The molecule has 0 radical (unpaired) electrons. The number of rotatable bonds is 6. The minimum absolute atomic E-state index is 0.0215. The minimum atomic E-state index is -0.565. The molecular formula is C23H25FN6O3S. The van der Waals surface area contributed by atoms with Crippen LogP contribution in [0.5, 0.6) is 5.75 Å². The molecule has 1 fully saturated rings. The van der Waals surface area contributed by atoms with Gasteiger partial charge in [0.05, 0.1) is 35.5 Å². The monoisotopic (exact) mass is 484 g/mol. The normalized spacial score (nSPS) is 20.1. The Morgan fingerprint density at radius 3 is 2.88 bits per heavy atom. The summed E-state index contributed by atoms with van der Waals surface area (Å²) in [5.41, 5.74) is 2.18. The van der Waals surface area contributed by atoms with Crippen LogP contribution in [0.1, 0.15) is 31.4 Å². The summed E-state index contributed by atoms with van der Waals surface area (Å²) >= 11 is 1.40. The van der Waals surface area contributed by atoms with Gasteiger partial charge in [-0.25, -0.2) is 4.39 Å². The maximum Gasteiger partial charge on any atom is 0.250 e. The molecular weight excluding hydrogens is 459 g/mol. The largest absolute Gasteiger partial charge is 0.488 e. The van der Waals surface area contributed by atoms with Gasteiger partial charge in [-0.05, 0) is 43.7 Å². The van der Waals surface area contributed by atoms with Crippen molar-refractivity contribution in [3.05, 3.63) is 46.3 Å². The number of halogens is 1. The number of anilines is 1. The topological polar surface area (TPSA) is 111 Å². The van der Waals surface area contributed by atoms with Crippen LogP contribution in [-0.2, 0) is 18.4 Å². The highest BCUT2D eigenvalue weighted by Crippen LogP contribution is 2.31. The number of nitrogens with one attached hydrogen (secondary N) is 2. The van der Waals surface area contributed by atoms with Crippen molar-refractivity contribution in [3.63, 3.8) is 0 Å². The fourth-order valence-electron chi connectivity index (χ4n) is 4.44. The molecule has 0 bridgehead atoms. The lowest BCUT2D eigenvalue weighted by molar-refractivity contribution is -0.113. The van der Waals surface area contributed by atoms with Crippen molar-refractivity contribution in [2.75, 3.05) is 17.7 Å². The van der Waals surface area contributed by atoms with E-state index in [0.717, 1.165) is 48.3 Å². The molecule has 11 heteroatoms. The molecule has 9 nitrogen and oxygen atoms in total. The smallest absolute Gasteiger partial charge is 0.250 e. The Bertz CT molecular complexity index is 1290. The first-order valence-corrected chi connectivity index (χ1v) is 12.3. The molecule has 1 amide bonds. The highest BCUT2D eigenvalue weighted by Gasteiger charge is 2.24. The number of pyridine rings is 2. The van der Waals surface area contributed by atoms with Gasteiger partial charge in [0.2, 0.25) is 5.91 Å². The van der Waals surface area contributed by atoms with E-state index >= 15 is 0 Å². The molecule has 1 saturated carbocycles. The molecule has 2 aliphatic rings. The van der Waals surface area contributed by atoms with Crippen LogP contribution >= 0.6 is 11.8 Å². The second-order valence-electron chi connectivity index (χ2n) is 8.70. The number of aromatic nitrogens is 4. The van der Waals surface area contributed by atoms with Gasteiger partial charge in [-0.3, -0.25) is 14.6 Å². The highest BCUT2D eigenvalue weighted by atomic mass is 32.2. The third-order valence-corrected chi connectivity index (χ3v) is 7.33. The molecule has 178 valence electrons. The zero-order valence-corrected chi connectivity index (χ0v) is 19.5. The number of ether oxygens (including phenoxy) is 1. The molecule has 0 atom stereocenters. The Kier molecular flexibility index (Phi) is 6.46. The number of hydrogen-bond donors (Lipinski definition) is 2. The van der Waals surface area contributed by atoms with Crippen LogP contribution in [0.25, 0.3) is 11.0 Å². The van der Waals surface area contributed by atoms with E-state index < -0.39 is 5.82 Å². The van der Waals surface area contributed by atoms with Gasteiger partial charge in [-0.15, -0.1) is 5.10 Å². The summed E-state index contributed by atoms with van der Waals surface area (Å²) < 4.78 is 21.8. The van der Waals surface area contributed by atoms with Gasteiger partial charge in [0.15, 0.2) is 11.6 Å². The summed E-state index contributed by atoms with van der Waals surface area (Å²) in [6.07, 6.45) is 4.97. The number of carbonyl (C=O) groups excluding carboxylic acids is 1. The Morgan fingerprint density at radius 2 is 2.06 bits per heavy atom. The Labute approximate surface area is 199 Å². The quantitative estimate of drug-likeness (QED) is 0.549. The number of hydrogen-bond acceptors (Lipinski definition) is 8. The Morgan fingerprint density at radius 1 is 1.24 bits per heavy atom. The summed E-state index contributed by atoms with van der Waals surface area (Å²) in [4.78, 5) is 27.7. The number of thioether (sulfide) groups is 1. The number of nitrogens with zero attached hydrogens (tertiary/aromatic N) is 4. The van der Waals surface area contributed by atoms with Crippen molar-refractivity contribution in [3.8, 4) is 5.75 Å². The molecule has 0 aromatic carbocycles. The Balaban J connectivity index is 1.15. The highest BCUT2D eigenvalue weighted by molar-refractivity contribution is 8.00. The first kappa shape index (κ1) is 22.7. The van der Waals surface area contributed by atoms with Gasteiger partial charge in [-0.2, -0.15) is 5.10 Å². The first-order chi connectivity index (χ1) is 16.5. The minimum Gasteiger partial charge on any atom is -0.488 e. The van der Waals surface area contributed by atoms with Crippen molar-refractivity contribution < 1.29 is 13.9 Å². The van der Waals surface area contributed by atoms with Gasteiger partial charge in [-0.1, -0.05) is 11.8 Å². The van der Waals surface area contributed by atoms with Gasteiger partial charge in [0.1, 0.15) is 10.5 Å². The van der Waals surface area contributed by atoms with Crippen LogP contribution in [0.3, 0.4) is 0 Å². The molecule has 2 N–H and O–H groups in total. The summed E-state index contributed by atoms with van der Waals surface area (Å²) in [5, 5.41) is 15.6. The molecule has 5 rings (SSSR count). The van der Waals surface area contributed by atoms with E-state index in [2.05, 4.69) is 25.8 Å². The predicted octanol–water partition coefficient (Wildman–Crippen LogP) is 2.63. The molecule has 0 unspecified atom stereocenters. The van der Waals surface area contributed by atoms with Crippen molar-refractivity contribution in [2.24, 2.45) is 13.0 Å². The van der Waals surface area contributed by atoms with E-state index in [4.69, 9.17) is 4.74 Å². The number of carbonyl (C=O) groups is 1. The van der Waals surface area contributed by atoms with E-state index in [-0.39, 0.29) is 17.2 Å². The van der Waals surface area contributed by atoms with Gasteiger partial charge < -0.3 is 19.9 Å².